The summed E-state index contributed by atoms with van der Waals surface area (Å²) in [6.07, 6.45) is 4.33. The van der Waals surface area contributed by atoms with E-state index in [0.717, 1.165) is 12.8 Å². The van der Waals surface area contributed by atoms with Crippen LogP contribution in [0.5, 0.6) is 0 Å². The first-order chi connectivity index (χ1) is 10.6. The number of carbonyl (C=O) groups excluding carboxylic acids is 2. The summed E-state index contributed by atoms with van der Waals surface area (Å²) in [7, 11) is 0. The molecule has 0 N–H and O–H groups in total. The fraction of sp³-hybridized carbons (Fsp3) is 0.333. The van der Waals surface area contributed by atoms with Crippen LogP contribution in [0, 0.1) is 34.0 Å². The lowest BCUT2D eigenvalue weighted by Gasteiger charge is -2.33. The van der Waals surface area contributed by atoms with Crippen molar-refractivity contribution in [2.24, 2.45) is 11.3 Å². The molecule has 4 nitrogen and oxygen atoms in total. The summed E-state index contributed by atoms with van der Waals surface area (Å²) in [5.41, 5.74) is -0.0460. The molecule has 2 aliphatic rings. The Morgan fingerprint density at radius 3 is 2.59 bits per heavy atom. The van der Waals surface area contributed by atoms with Crippen molar-refractivity contribution in [3.63, 3.8) is 0 Å². The molecule has 0 saturated heterocycles. The van der Waals surface area contributed by atoms with E-state index in [1.165, 1.54) is 0 Å². The second-order valence-corrected chi connectivity index (χ2v) is 5.80. The SMILES string of the molecule is N#Cc1ccc(C(=O)C2=CC[C@H]3CCCC(=O)[C@@]23C#N)cc1. The van der Waals surface area contributed by atoms with Crippen molar-refractivity contribution in [3.05, 3.63) is 47.0 Å². The standard InChI is InChI=1S/C18H14N2O2/c19-10-12-4-6-13(7-5-12)17(22)15-9-8-14-2-1-3-16(21)18(14,15)11-20/h4-7,9,14H,1-3,8H2/t14-,18-/m1/s1. The Balaban J connectivity index is 2.00. The second kappa shape index (κ2) is 5.24. The molecule has 1 fully saturated rings. The van der Waals surface area contributed by atoms with Gasteiger partial charge in [0.15, 0.2) is 11.6 Å². The van der Waals surface area contributed by atoms with E-state index in [0.29, 0.717) is 29.5 Å². The second-order valence-electron chi connectivity index (χ2n) is 5.80. The van der Waals surface area contributed by atoms with Gasteiger partial charge < -0.3 is 0 Å². The smallest absolute Gasteiger partial charge is 0.190 e. The number of rotatable bonds is 2. The molecule has 108 valence electrons. The average molecular weight is 290 g/mol. The summed E-state index contributed by atoms with van der Waals surface area (Å²) in [5.74, 6) is -0.475. The van der Waals surface area contributed by atoms with Gasteiger partial charge in [0.25, 0.3) is 0 Å². The predicted molar refractivity (Wildman–Crippen MR) is 78.6 cm³/mol. The van der Waals surface area contributed by atoms with Crippen LogP contribution < -0.4 is 0 Å². The van der Waals surface area contributed by atoms with Gasteiger partial charge in [-0.3, -0.25) is 9.59 Å². The zero-order chi connectivity index (χ0) is 15.7. The van der Waals surface area contributed by atoms with E-state index in [2.05, 4.69) is 6.07 Å². The van der Waals surface area contributed by atoms with Crippen molar-refractivity contribution in [3.8, 4) is 12.1 Å². The highest BCUT2D eigenvalue weighted by molar-refractivity contribution is 6.15. The zero-order valence-corrected chi connectivity index (χ0v) is 12.0. The summed E-state index contributed by atoms with van der Waals surface area (Å²) in [5, 5.41) is 18.5. The Bertz CT molecular complexity index is 762. The summed E-state index contributed by atoms with van der Waals surface area (Å²) in [6.45, 7) is 0. The molecular formula is C18H14N2O2. The van der Waals surface area contributed by atoms with Gasteiger partial charge in [-0.15, -0.1) is 0 Å². The van der Waals surface area contributed by atoms with E-state index < -0.39 is 5.41 Å². The van der Waals surface area contributed by atoms with Crippen molar-refractivity contribution >= 4 is 11.6 Å². The molecule has 0 bridgehead atoms. The van der Waals surface area contributed by atoms with Crippen LogP contribution in [0.1, 0.15) is 41.6 Å². The molecule has 2 atom stereocenters. The van der Waals surface area contributed by atoms with Crippen LogP contribution in [0.25, 0.3) is 0 Å². The minimum absolute atomic E-state index is 0.0731. The normalized spacial score (nSPS) is 26.5. The van der Waals surface area contributed by atoms with E-state index in [-0.39, 0.29) is 17.5 Å². The predicted octanol–water partition coefficient (Wildman–Crippen LogP) is 2.95. The number of nitrogens with zero attached hydrogens (tertiary/aromatic N) is 2. The summed E-state index contributed by atoms with van der Waals surface area (Å²) in [6, 6.07) is 10.5. The van der Waals surface area contributed by atoms with Crippen LogP contribution in [-0.2, 0) is 4.79 Å². The average Bonchev–Trinajstić information content (AvgIpc) is 2.95. The van der Waals surface area contributed by atoms with Crippen LogP contribution in [-0.4, -0.2) is 11.6 Å². The number of allylic oxidation sites excluding steroid dienone is 2. The quantitative estimate of drug-likeness (QED) is 0.784. The Morgan fingerprint density at radius 2 is 1.95 bits per heavy atom. The molecule has 0 aliphatic heterocycles. The zero-order valence-electron chi connectivity index (χ0n) is 12.0. The highest BCUT2D eigenvalue weighted by atomic mass is 16.1. The van der Waals surface area contributed by atoms with E-state index in [1.54, 1.807) is 30.3 Å². The number of ketones is 2. The van der Waals surface area contributed by atoms with Gasteiger partial charge in [0.05, 0.1) is 17.7 Å². The summed E-state index contributed by atoms with van der Waals surface area (Å²) < 4.78 is 0. The molecule has 1 aromatic carbocycles. The van der Waals surface area contributed by atoms with Crippen LogP contribution in [0.4, 0.5) is 0 Å². The third-order valence-electron chi connectivity index (χ3n) is 4.74. The maximum atomic E-state index is 12.8. The maximum absolute atomic E-state index is 12.8. The van der Waals surface area contributed by atoms with Crippen molar-refractivity contribution < 1.29 is 9.59 Å². The minimum Gasteiger partial charge on any atom is -0.298 e. The van der Waals surface area contributed by atoms with Gasteiger partial charge in [-0.05, 0) is 49.4 Å². The van der Waals surface area contributed by atoms with Crippen molar-refractivity contribution in [1.29, 1.82) is 10.5 Å². The molecule has 1 aromatic rings. The molecule has 22 heavy (non-hydrogen) atoms. The van der Waals surface area contributed by atoms with Gasteiger partial charge in [0, 0.05) is 17.6 Å². The summed E-state index contributed by atoms with van der Waals surface area (Å²) in [4.78, 5) is 25.2. The molecule has 0 amide bonds. The highest BCUT2D eigenvalue weighted by Gasteiger charge is 2.55. The number of carbonyl (C=O) groups is 2. The fourth-order valence-electron chi connectivity index (χ4n) is 3.57. The van der Waals surface area contributed by atoms with Gasteiger partial charge in [-0.1, -0.05) is 6.08 Å². The number of hydrogen-bond acceptors (Lipinski definition) is 4. The third-order valence-corrected chi connectivity index (χ3v) is 4.74. The number of hydrogen-bond donors (Lipinski definition) is 0. The lowest BCUT2D eigenvalue weighted by molar-refractivity contribution is -0.128. The maximum Gasteiger partial charge on any atom is 0.190 e. The van der Waals surface area contributed by atoms with E-state index in [4.69, 9.17) is 5.26 Å². The third kappa shape index (κ3) is 1.89. The molecule has 0 spiro atoms. The van der Waals surface area contributed by atoms with Gasteiger partial charge in [-0.25, -0.2) is 0 Å². The lowest BCUT2D eigenvalue weighted by atomic mass is 9.64. The van der Waals surface area contributed by atoms with Gasteiger partial charge in [-0.2, -0.15) is 10.5 Å². The molecule has 0 aromatic heterocycles. The topological polar surface area (TPSA) is 81.7 Å². The monoisotopic (exact) mass is 290 g/mol. The van der Waals surface area contributed by atoms with Crippen molar-refractivity contribution in [1.82, 2.24) is 0 Å². The first kappa shape index (κ1) is 14.2. The van der Waals surface area contributed by atoms with Crippen molar-refractivity contribution in [2.45, 2.75) is 25.7 Å². The molecular weight excluding hydrogens is 276 g/mol. The van der Waals surface area contributed by atoms with E-state index in [9.17, 15) is 14.9 Å². The molecule has 2 aliphatic carbocycles. The van der Waals surface area contributed by atoms with Gasteiger partial charge in [0.2, 0.25) is 0 Å². The van der Waals surface area contributed by atoms with Crippen molar-refractivity contribution in [2.75, 3.05) is 0 Å². The molecule has 3 rings (SSSR count). The van der Waals surface area contributed by atoms with Crippen LogP contribution in [0.2, 0.25) is 0 Å². The minimum atomic E-state index is -1.26. The molecule has 0 heterocycles. The fourth-order valence-corrected chi connectivity index (χ4v) is 3.57. The Labute approximate surface area is 128 Å². The lowest BCUT2D eigenvalue weighted by Crippen LogP contribution is -2.41. The Kier molecular flexibility index (Phi) is 3.39. The van der Waals surface area contributed by atoms with E-state index in [1.807, 2.05) is 6.07 Å². The summed E-state index contributed by atoms with van der Waals surface area (Å²) >= 11 is 0. The molecule has 0 unspecified atom stereocenters. The number of fused-ring (bicyclic) bond motifs is 1. The Hall–Kier alpha value is -2.72. The van der Waals surface area contributed by atoms with Crippen LogP contribution in [0.15, 0.2) is 35.9 Å². The van der Waals surface area contributed by atoms with Crippen LogP contribution >= 0.6 is 0 Å². The van der Waals surface area contributed by atoms with E-state index >= 15 is 0 Å². The molecule has 4 heteroatoms. The number of nitriles is 2. The molecule has 0 radical (unpaired) electrons. The largest absolute Gasteiger partial charge is 0.298 e. The first-order valence-corrected chi connectivity index (χ1v) is 7.33. The molecule has 1 saturated carbocycles. The van der Waals surface area contributed by atoms with Gasteiger partial charge >= 0.3 is 0 Å². The highest BCUT2D eigenvalue weighted by Crippen LogP contribution is 2.51. The number of Topliss-reactive ketones (excluding diaryl/α,β-unsaturated/α-hetero) is 2. The number of benzene rings is 1. The van der Waals surface area contributed by atoms with Gasteiger partial charge in [0.1, 0.15) is 5.41 Å². The first-order valence-electron chi connectivity index (χ1n) is 7.33. The Morgan fingerprint density at radius 1 is 1.23 bits per heavy atom. The van der Waals surface area contributed by atoms with Crippen LogP contribution in [0.3, 0.4) is 0 Å².